The van der Waals surface area contributed by atoms with Crippen LogP contribution in [0.4, 0.5) is 4.79 Å². The summed E-state index contributed by atoms with van der Waals surface area (Å²) >= 11 is 0. The van der Waals surface area contributed by atoms with E-state index >= 15 is 0 Å². The van der Waals surface area contributed by atoms with Crippen LogP contribution in [0.25, 0.3) is 11.1 Å². The quantitative estimate of drug-likeness (QED) is 0.143. The van der Waals surface area contributed by atoms with Gasteiger partial charge in [0.25, 0.3) is 0 Å². The first-order valence-electron chi connectivity index (χ1n) is 10.3. The smallest absolute Gasteiger partial charge is 0.407 e. The molecular weight excluding hydrogens is 402 g/mol. The summed E-state index contributed by atoms with van der Waals surface area (Å²) in [6, 6.07) is 23.5. The van der Waals surface area contributed by atoms with Crippen molar-refractivity contribution in [1.82, 2.24) is 5.32 Å². The molecule has 3 aromatic rings. The molecule has 0 bridgehead atoms. The minimum Gasteiger partial charge on any atom is -0.449 e. The average molecular weight is 425 g/mol. The summed E-state index contributed by atoms with van der Waals surface area (Å²) in [4.78, 5) is 12.2. The molecule has 0 aliphatic heterocycles. The number of nitrogens with zero attached hydrogens (tertiary/aromatic N) is 1. The Morgan fingerprint density at radius 2 is 1.62 bits per heavy atom. The average Bonchev–Trinajstić information content (AvgIpc) is 3.16. The zero-order valence-electron chi connectivity index (χ0n) is 17.4. The van der Waals surface area contributed by atoms with Crippen LogP contribution >= 0.6 is 0 Å². The first kappa shape index (κ1) is 21.0. The van der Waals surface area contributed by atoms with E-state index in [1.807, 2.05) is 24.3 Å². The van der Waals surface area contributed by atoms with E-state index in [-0.39, 0.29) is 18.4 Å². The van der Waals surface area contributed by atoms with E-state index in [0.717, 1.165) is 5.56 Å². The zero-order valence-corrected chi connectivity index (χ0v) is 17.4. The van der Waals surface area contributed by atoms with Crippen molar-refractivity contribution in [3.05, 3.63) is 95.1 Å². The molecule has 1 aliphatic carbocycles. The largest absolute Gasteiger partial charge is 0.449 e. The predicted octanol–water partition coefficient (Wildman–Crippen LogP) is 4.06. The van der Waals surface area contributed by atoms with Crippen molar-refractivity contribution in [3.8, 4) is 23.0 Å². The van der Waals surface area contributed by atoms with E-state index < -0.39 is 6.09 Å². The van der Waals surface area contributed by atoms with Gasteiger partial charge in [0.2, 0.25) is 0 Å². The van der Waals surface area contributed by atoms with E-state index in [9.17, 15) is 4.79 Å². The minimum absolute atomic E-state index is 0.0424. The van der Waals surface area contributed by atoms with Gasteiger partial charge in [0.1, 0.15) is 6.61 Å². The monoisotopic (exact) mass is 425 g/mol. The molecule has 6 nitrogen and oxygen atoms in total. The van der Waals surface area contributed by atoms with Crippen LogP contribution in [-0.2, 0) is 4.74 Å². The number of carbonyl (C=O) groups is 1. The first-order chi connectivity index (χ1) is 15.7. The number of ether oxygens (including phenoxy) is 1. The molecule has 0 fully saturated rings. The second-order valence-electron chi connectivity index (χ2n) is 7.37. The number of carbonyl (C=O) groups excluding carboxylic acids is 1. The molecule has 1 aliphatic rings. The molecule has 0 spiro atoms. The third kappa shape index (κ3) is 4.57. The van der Waals surface area contributed by atoms with Gasteiger partial charge in [-0.2, -0.15) is 0 Å². The normalized spacial score (nSPS) is 12.3. The molecule has 0 saturated carbocycles. The van der Waals surface area contributed by atoms with Gasteiger partial charge >= 0.3 is 6.09 Å². The molecule has 1 amide bonds. The van der Waals surface area contributed by atoms with E-state index in [1.165, 1.54) is 22.3 Å². The summed E-state index contributed by atoms with van der Waals surface area (Å²) in [7, 11) is 0. The Morgan fingerprint density at radius 3 is 2.25 bits per heavy atom. The fraction of sp³-hybridized carbons (Fsp3) is 0.154. The van der Waals surface area contributed by atoms with E-state index in [4.69, 9.17) is 15.7 Å². The van der Waals surface area contributed by atoms with Gasteiger partial charge < -0.3 is 21.0 Å². The lowest BCUT2D eigenvalue weighted by molar-refractivity contribution is 0.143. The second-order valence-corrected chi connectivity index (χ2v) is 7.37. The Labute approximate surface area is 186 Å². The van der Waals surface area contributed by atoms with Gasteiger partial charge in [-0.15, -0.1) is 0 Å². The summed E-state index contributed by atoms with van der Waals surface area (Å²) in [6.45, 7) is 0.685. The highest BCUT2D eigenvalue weighted by atomic mass is 16.5. The number of amides is 1. The van der Waals surface area contributed by atoms with Crippen molar-refractivity contribution in [2.24, 2.45) is 10.9 Å². The molecule has 32 heavy (non-hydrogen) atoms. The van der Waals surface area contributed by atoms with Gasteiger partial charge in [0, 0.05) is 30.0 Å². The highest BCUT2D eigenvalue weighted by Crippen LogP contribution is 2.44. The molecule has 0 unspecified atom stereocenters. The van der Waals surface area contributed by atoms with E-state index in [2.05, 4.69) is 46.6 Å². The Bertz CT molecular complexity index is 1160. The van der Waals surface area contributed by atoms with Crippen LogP contribution in [0, 0.1) is 11.8 Å². The van der Waals surface area contributed by atoms with Crippen LogP contribution in [0.5, 0.6) is 0 Å². The molecular formula is C26H23N3O3. The number of nitrogens with one attached hydrogen (secondary N) is 1. The summed E-state index contributed by atoms with van der Waals surface area (Å²) in [5, 5.41) is 14.4. The van der Waals surface area contributed by atoms with Crippen LogP contribution in [0.1, 0.15) is 34.6 Å². The second kappa shape index (κ2) is 9.71. The van der Waals surface area contributed by atoms with Crippen molar-refractivity contribution in [3.63, 3.8) is 0 Å². The van der Waals surface area contributed by atoms with Gasteiger partial charge in [-0.05, 0) is 46.5 Å². The first-order valence-corrected chi connectivity index (χ1v) is 10.3. The van der Waals surface area contributed by atoms with Crippen molar-refractivity contribution in [2.75, 3.05) is 13.2 Å². The third-order valence-corrected chi connectivity index (χ3v) is 5.38. The molecule has 3 aromatic carbocycles. The maximum Gasteiger partial charge on any atom is 0.407 e. The van der Waals surface area contributed by atoms with Crippen molar-refractivity contribution >= 4 is 11.9 Å². The molecule has 0 atom stereocenters. The number of benzene rings is 3. The van der Waals surface area contributed by atoms with Crippen LogP contribution < -0.4 is 11.1 Å². The Kier molecular flexibility index (Phi) is 6.38. The van der Waals surface area contributed by atoms with Crippen molar-refractivity contribution in [2.45, 2.75) is 12.3 Å². The number of fused-ring (bicyclic) bond motifs is 3. The number of alkyl carbamates (subject to hydrolysis) is 1. The lowest BCUT2D eigenvalue weighted by Gasteiger charge is -2.14. The van der Waals surface area contributed by atoms with Crippen molar-refractivity contribution in [1.29, 1.82) is 0 Å². The zero-order chi connectivity index (χ0) is 22.3. The summed E-state index contributed by atoms with van der Waals surface area (Å²) in [5.41, 5.74) is 11.7. The third-order valence-electron chi connectivity index (χ3n) is 5.38. The lowest BCUT2D eigenvalue weighted by Crippen LogP contribution is -2.26. The molecule has 0 radical (unpaired) electrons. The topological polar surface area (TPSA) is 96.9 Å². The van der Waals surface area contributed by atoms with Gasteiger partial charge in [-0.1, -0.05) is 65.5 Å². The van der Waals surface area contributed by atoms with Crippen LogP contribution in [0.3, 0.4) is 0 Å². The lowest BCUT2D eigenvalue weighted by atomic mass is 9.98. The number of hydrogen-bond donors (Lipinski definition) is 3. The van der Waals surface area contributed by atoms with Crippen LogP contribution in [-0.4, -0.2) is 30.3 Å². The molecule has 0 saturated heterocycles. The van der Waals surface area contributed by atoms with Gasteiger partial charge in [-0.3, -0.25) is 0 Å². The van der Waals surface area contributed by atoms with Gasteiger partial charge in [0.05, 0.1) is 0 Å². The number of rotatable bonds is 5. The molecule has 0 heterocycles. The Balaban J connectivity index is 1.26. The van der Waals surface area contributed by atoms with E-state index in [1.54, 1.807) is 24.3 Å². The fourth-order valence-electron chi connectivity index (χ4n) is 3.82. The van der Waals surface area contributed by atoms with E-state index in [0.29, 0.717) is 18.5 Å². The molecule has 4 N–H and O–H groups in total. The van der Waals surface area contributed by atoms with Crippen LogP contribution in [0.2, 0.25) is 0 Å². The van der Waals surface area contributed by atoms with Gasteiger partial charge in [-0.25, -0.2) is 4.79 Å². The maximum absolute atomic E-state index is 12.2. The van der Waals surface area contributed by atoms with Crippen molar-refractivity contribution < 1.29 is 14.7 Å². The number of hydrogen-bond acceptors (Lipinski definition) is 4. The van der Waals surface area contributed by atoms with Crippen LogP contribution in [0.15, 0.2) is 78.0 Å². The molecule has 0 aromatic heterocycles. The summed E-state index contributed by atoms with van der Waals surface area (Å²) in [6.07, 6.45) is 0.0448. The SMILES string of the molecule is NC(=NO)c1ccc(C#CCCNC(=O)OCC2c3ccccc3-c3ccccc32)cc1. The standard InChI is InChI=1S/C26H23N3O3/c27-25(29-31)19-14-12-18(13-15-19)7-5-6-16-28-26(30)32-17-24-22-10-3-1-8-20(22)21-9-2-4-11-23(21)24/h1-4,8-15,24,31H,6,16-17H2,(H2,27,29)(H,28,30). The fourth-order valence-corrected chi connectivity index (χ4v) is 3.82. The molecule has 160 valence electrons. The van der Waals surface area contributed by atoms with Gasteiger partial charge in [0.15, 0.2) is 5.84 Å². The summed E-state index contributed by atoms with van der Waals surface area (Å²) in [5.74, 6) is 6.12. The summed E-state index contributed by atoms with van der Waals surface area (Å²) < 4.78 is 5.51. The number of nitrogens with two attached hydrogens (primary N) is 1. The highest BCUT2D eigenvalue weighted by molar-refractivity contribution is 5.97. The maximum atomic E-state index is 12.2. The Morgan fingerprint density at radius 1 is 1.00 bits per heavy atom. The molecule has 6 heteroatoms. The molecule has 4 rings (SSSR count). The minimum atomic E-state index is -0.447. The predicted molar refractivity (Wildman–Crippen MR) is 124 cm³/mol. The number of amidine groups is 1. The Hall–Kier alpha value is -4.24. The number of oxime groups is 1. The highest BCUT2D eigenvalue weighted by Gasteiger charge is 2.28.